The molecule has 0 saturated heterocycles. The first kappa shape index (κ1) is 8.60. The Bertz CT molecular complexity index is 227. The van der Waals surface area contributed by atoms with Gasteiger partial charge in [0.1, 0.15) is 5.75 Å². The minimum absolute atomic E-state index is 0.494. The molecule has 0 aliphatic carbocycles. The van der Waals surface area contributed by atoms with Gasteiger partial charge >= 0.3 is 0 Å². The zero-order valence-electron chi connectivity index (χ0n) is 7.05. The fraction of sp³-hybridized carbons (Fsp3) is 0.556. The molecule has 1 aromatic rings. The first-order valence-corrected chi connectivity index (χ1v) is 4.90. The van der Waals surface area contributed by atoms with Gasteiger partial charge in [0, 0.05) is 9.75 Å². The number of aryl methyl sites for hydroxylation is 2. The van der Waals surface area contributed by atoms with E-state index in [4.69, 9.17) is 0 Å². The molecule has 1 aromatic heterocycles. The number of rotatable bonds is 3. The Morgan fingerprint density at radius 3 is 2.64 bits per heavy atom. The predicted molar refractivity (Wildman–Crippen MR) is 49.4 cm³/mol. The molecule has 0 aliphatic heterocycles. The molecule has 62 valence electrons. The van der Waals surface area contributed by atoms with E-state index in [1.54, 1.807) is 11.3 Å². The lowest BCUT2D eigenvalue weighted by atomic mass is 10.2. The molecule has 0 aromatic carbocycles. The van der Waals surface area contributed by atoms with E-state index in [9.17, 15) is 5.11 Å². The zero-order chi connectivity index (χ0) is 8.27. The summed E-state index contributed by atoms with van der Waals surface area (Å²) in [5.74, 6) is 0.494. The van der Waals surface area contributed by atoms with E-state index in [0.717, 1.165) is 24.1 Å². The molecule has 1 nitrogen and oxygen atoms in total. The molecule has 0 fully saturated rings. The van der Waals surface area contributed by atoms with Crippen LogP contribution in [-0.4, -0.2) is 5.11 Å². The maximum atomic E-state index is 9.40. The van der Waals surface area contributed by atoms with Crippen molar-refractivity contribution in [2.45, 2.75) is 33.1 Å². The van der Waals surface area contributed by atoms with Gasteiger partial charge in [-0.25, -0.2) is 0 Å². The predicted octanol–water partition coefficient (Wildman–Crippen LogP) is 2.97. The molecular weight excluding hydrogens is 156 g/mol. The second-order valence-electron chi connectivity index (χ2n) is 2.62. The highest BCUT2D eigenvalue weighted by atomic mass is 32.1. The molecule has 0 unspecified atom stereocenters. The Morgan fingerprint density at radius 2 is 2.18 bits per heavy atom. The van der Waals surface area contributed by atoms with Crippen molar-refractivity contribution in [1.82, 2.24) is 0 Å². The van der Waals surface area contributed by atoms with E-state index in [1.807, 2.05) is 6.07 Å². The van der Waals surface area contributed by atoms with Crippen molar-refractivity contribution in [2.75, 3.05) is 0 Å². The summed E-state index contributed by atoms with van der Waals surface area (Å²) < 4.78 is 0. The second kappa shape index (κ2) is 3.77. The average molecular weight is 170 g/mol. The highest BCUT2D eigenvalue weighted by molar-refractivity contribution is 7.12. The maximum Gasteiger partial charge on any atom is 0.129 e. The van der Waals surface area contributed by atoms with E-state index in [-0.39, 0.29) is 0 Å². The Balaban J connectivity index is 2.79. The molecular formula is C9H14OS. The summed E-state index contributed by atoms with van der Waals surface area (Å²) in [5.41, 5.74) is 0. The highest BCUT2D eigenvalue weighted by Crippen LogP contribution is 2.29. The smallest absolute Gasteiger partial charge is 0.129 e. The molecule has 0 spiro atoms. The summed E-state index contributed by atoms with van der Waals surface area (Å²) in [6, 6.07) is 1.88. The van der Waals surface area contributed by atoms with Gasteiger partial charge < -0.3 is 5.11 Å². The molecule has 2 heteroatoms. The third kappa shape index (κ3) is 1.96. The summed E-state index contributed by atoms with van der Waals surface area (Å²) >= 11 is 1.73. The zero-order valence-corrected chi connectivity index (χ0v) is 7.87. The van der Waals surface area contributed by atoms with Gasteiger partial charge in [0.15, 0.2) is 0 Å². The number of hydrogen-bond donors (Lipinski definition) is 1. The van der Waals surface area contributed by atoms with E-state index in [1.165, 1.54) is 4.88 Å². The van der Waals surface area contributed by atoms with Gasteiger partial charge in [-0.1, -0.05) is 20.3 Å². The van der Waals surface area contributed by atoms with Crippen LogP contribution in [0.1, 0.15) is 30.0 Å². The van der Waals surface area contributed by atoms with Crippen LogP contribution in [0.4, 0.5) is 0 Å². The molecule has 0 atom stereocenters. The highest BCUT2D eigenvalue weighted by Gasteiger charge is 2.04. The number of aromatic hydroxyl groups is 1. The van der Waals surface area contributed by atoms with E-state index >= 15 is 0 Å². The first-order chi connectivity index (χ1) is 5.27. The van der Waals surface area contributed by atoms with Crippen LogP contribution < -0.4 is 0 Å². The summed E-state index contributed by atoms with van der Waals surface area (Å²) in [5, 5.41) is 9.40. The maximum absolute atomic E-state index is 9.40. The van der Waals surface area contributed by atoms with Crippen molar-refractivity contribution in [1.29, 1.82) is 0 Å². The second-order valence-corrected chi connectivity index (χ2v) is 3.85. The topological polar surface area (TPSA) is 20.2 Å². The van der Waals surface area contributed by atoms with Crippen LogP contribution in [0.2, 0.25) is 0 Å². The summed E-state index contributed by atoms with van der Waals surface area (Å²) in [7, 11) is 0. The van der Waals surface area contributed by atoms with Crippen molar-refractivity contribution < 1.29 is 5.11 Å². The number of thiophene rings is 1. The number of hydrogen-bond acceptors (Lipinski definition) is 2. The average Bonchev–Trinajstić information content (AvgIpc) is 2.33. The Morgan fingerprint density at radius 1 is 1.45 bits per heavy atom. The van der Waals surface area contributed by atoms with E-state index in [2.05, 4.69) is 13.8 Å². The lowest BCUT2D eigenvalue weighted by Gasteiger charge is -1.91. The van der Waals surface area contributed by atoms with Crippen LogP contribution in [0.15, 0.2) is 6.07 Å². The third-order valence-corrected chi connectivity index (χ3v) is 2.99. The van der Waals surface area contributed by atoms with Crippen LogP contribution in [-0.2, 0) is 12.8 Å². The van der Waals surface area contributed by atoms with Gasteiger partial charge in [0.25, 0.3) is 0 Å². The van der Waals surface area contributed by atoms with Crippen molar-refractivity contribution in [2.24, 2.45) is 0 Å². The van der Waals surface area contributed by atoms with Gasteiger partial charge in [-0.15, -0.1) is 11.3 Å². The summed E-state index contributed by atoms with van der Waals surface area (Å²) in [4.78, 5) is 2.43. The molecule has 1 rings (SSSR count). The minimum Gasteiger partial charge on any atom is -0.507 e. The molecule has 0 amide bonds. The normalized spacial score (nSPS) is 10.4. The molecule has 1 heterocycles. The molecule has 0 saturated carbocycles. The third-order valence-electron chi connectivity index (χ3n) is 1.66. The largest absolute Gasteiger partial charge is 0.507 e. The van der Waals surface area contributed by atoms with Gasteiger partial charge in [-0.3, -0.25) is 0 Å². The quantitative estimate of drug-likeness (QED) is 0.739. The lowest BCUT2D eigenvalue weighted by molar-refractivity contribution is 0.471. The Kier molecular flexibility index (Phi) is 2.94. The van der Waals surface area contributed by atoms with Gasteiger partial charge in [-0.05, 0) is 18.9 Å². The summed E-state index contributed by atoms with van der Waals surface area (Å²) in [6.07, 6.45) is 3.15. The molecule has 1 N–H and O–H groups in total. The van der Waals surface area contributed by atoms with E-state index in [0.29, 0.717) is 5.75 Å². The summed E-state index contributed by atoms with van der Waals surface area (Å²) in [6.45, 7) is 4.24. The standard InChI is InChI=1S/C9H14OS/c1-3-5-9-8(10)6-7(4-2)11-9/h6,10H,3-5H2,1-2H3. The van der Waals surface area contributed by atoms with Crippen LogP contribution in [0.25, 0.3) is 0 Å². The van der Waals surface area contributed by atoms with Crippen LogP contribution in [0.3, 0.4) is 0 Å². The Hall–Kier alpha value is -0.500. The molecule has 0 bridgehead atoms. The van der Waals surface area contributed by atoms with Crippen LogP contribution in [0, 0.1) is 0 Å². The van der Waals surface area contributed by atoms with Crippen molar-refractivity contribution in [3.05, 3.63) is 15.8 Å². The SMILES string of the molecule is CCCc1sc(CC)cc1O. The Labute approximate surface area is 71.7 Å². The van der Waals surface area contributed by atoms with Crippen LogP contribution in [0.5, 0.6) is 5.75 Å². The van der Waals surface area contributed by atoms with Crippen molar-refractivity contribution in [3.8, 4) is 5.75 Å². The molecule has 0 radical (unpaired) electrons. The fourth-order valence-corrected chi connectivity index (χ4v) is 2.15. The minimum atomic E-state index is 0.494. The van der Waals surface area contributed by atoms with Crippen LogP contribution >= 0.6 is 11.3 Å². The van der Waals surface area contributed by atoms with Crippen molar-refractivity contribution >= 4 is 11.3 Å². The van der Waals surface area contributed by atoms with Gasteiger partial charge in [-0.2, -0.15) is 0 Å². The van der Waals surface area contributed by atoms with Gasteiger partial charge in [0.2, 0.25) is 0 Å². The monoisotopic (exact) mass is 170 g/mol. The fourth-order valence-electron chi connectivity index (χ4n) is 1.05. The van der Waals surface area contributed by atoms with E-state index < -0.39 is 0 Å². The first-order valence-electron chi connectivity index (χ1n) is 4.08. The van der Waals surface area contributed by atoms with Crippen molar-refractivity contribution in [3.63, 3.8) is 0 Å². The lowest BCUT2D eigenvalue weighted by Crippen LogP contribution is -1.74. The molecule has 11 heavy (non-hydrogen) atoms. The molecule has 0 aliphatic rings. The van der Waals surface area contributed by atoms with Gasteiger partial charge in [0.05, 0.1) is 0 Å².